The number of nitrogens with one attached hydrogen (secondary N) is 1. The van der Waals surface area contributed by atoms with Crippen molar-refractivity contribution in [2.24, 2.45) is 0 Å². The predicted molar refractivity (Wildman–Crippen MR) is 127 cm³/mol. The SMILES string of the molecule is CCOc1ccc(S(=O)(=O)N2CSCC2C(=O)NCc2csc(-c3ccccc3)n2)cc1. The van der Waals surface area contributed by atoms with Gasteiger partial charge in [-0.1, -0.05) is 30.3 Å². The molecule has 1 unspecified atom stereocenters. The first kappa shape index (κ1) is 22.8. The van der Waals surface area contributed by atoms with Gasteiger partial charge >= 0.3 is 0 Å². The standard InChI is InChI=1S/C22H23N3O4S3/c1-2-29-18-8-10-19(11-9-18)32(27,28)25-15-30-14-20(25)21(26)23-12-17-13-31-22(24-17)16-6-4-3-5-7-16/h3-11,13,20H,2,12,14-15H2,1H3,(H,23,26). The molecule has 0 spiro atoms. The summed E-state index contributed by atoms with van der Waals surface area (Å²) in [5, 5.41) is 5.63. The van der Waals surface area contributed by atoms with E-state index in [1.165, 1.54) is 39.5 Å². The van der Waals surface area contributed by atoms with Gasteiger partial charge in [0.2, 0.25) is 15.9 Å². The van der Waals surface area contributed by atoms with Gasteiger partial charge in [0.1, 0.15) is 16.8 Å². The highest BCUT2D eigenvalue weighted by atomic mass is 32.2. The summed E-state index contributed by atoms with van der Waals surface area (Å²) in [7, 11) is -3.80. The van der Waals surface area contributed by atoms with E-state index < -0.39 is 16.1 Å². The van der Waals surface area contributed by atoms with Crippen LogP contribution in [0.4, 0.5) is 0 Å². The maximum Gasteiger partial charge on any atom is 0.244 e. The molecule has 2 heterocycles. The fourth-order valence-electron chi connectivity index (χ4n) is 3.28. The highest BCUT2D eigenvalue weighted by Crippen LogP contribution is 2.29. The number of aromatic nitrogens is 1. The molecule has 7 nitrogen and oxygen atoms in total. The maximum atomic E-state index is 13.1. The van der Waals surface area contributed by atoms with E-state index in [1.807, 2.05) is 42.6 Å². The van der Waals surface area contributed by atoms with Crippen LogP contribution in [0.15, 0.2) is 64.9 Å². The van der Waals surface area contributed by atoms with Gasteiger partial charge in [0.15, 0.2) is 0 Å². The predicted octanol–water partition coefficient (Wildman–Crippen LogP) is 3.59. The summed E-state index contributed by atoms with van der Waals surface area (Å²) in [4.78, 5) is 17.6. The normalized spacial score (nSPS) is 16.7. The van der Waals surface area contributed by atoms with Gasteiger partial charge in [-0.15, -0.1) is 23.1 Å². The molecule has 32 heavy (non-hydrogen) atoms. The zero-order valence-corrected chi connectivity index (χ0v) is 19.9. The average Bonchev–Trinajstić information content (AvgIpc) is 3.49. The number of thiazole rings is 1. The lowest BCUT2D eigenvalue weighted by molar-refractivity contribution is -0.124. The molecule has 168 valence electrons. The van der Waals surface area contributed by atoms with Gasteiger partial charge in [0, 0.05) is 16.7 Å². The molecule has 1 atom stereocenters. The van der Waals surface area contributed by atoms with Crippen LogP contribution in [0.2, 0.25) is 0 Å². The van der Waals surface area contributed by atoms with Crippen LogP contribution >= 0.6 is 23.1 Å². The van der Waals surface area contributed by atoms with Gasteiger partial charge in [-0.05, 0) is 31.2 Å². The fourth-order valence-corrected chi connectivity index (χ4v) is 7.25. The van der Waals surface area contributed by atoms with Crippen LogP contribution in [-0.4, -0.2) is 47.9 Å². The number of amides is 1. The van der Waals surface area contributed by atoms with Crippen molar-refractivity contribution in [1.29, 1.82) is 0 Å². The minimum absolute atomic E-state index is 0.147. The molecule has 0 saturated carbocycles. The molecule has 2 aromatic carbocycles. The molecule has 0 aliphatic carbocycles. The number of nitrogens with zero attached hydrogens (tertiary/aromatic N) is 2. The Morgan fingerprint density at radius 2 is 1.94 bits per heavy atom. The molecule has 0 radical (unpaired) electrons. The molecular weight excluding hydrogens is 466 g/mol. The lowest BCUT2D eigenvalue weighted by atomic mass is 10.2. The molecular formula is C22H23N3O4S3. The van der Waals surface area contributed by atoms with Gasteiger partial charge in [-0.3, -0.25) is 4.79 Å². The van der Waals surface area contributed by atoms with Gasteiger partial charge in [-0.2, -0.15) is 4.31 Å². The second kappa shape index (κ2) is 10.0. The van der Waals surface area contributed by atoms with E-state index in [9.17, 15) is 13.2 Å². The largest absolute Gasteiger partial charge is 0.494 e. The average molecular weight is 490 g/mol. The number of ether oxygens (including phenoxy) is 1. The first-order chi connectivity index (χ1) is 15.5. The Morgan fingerprint density at radius 3 is 2.66 bits per heavy atom. The smallest absolute Gasteiger partial charge is 0.244 e. The highest BCUT2D eigenvalue weighted by molar-refractivity contribution is 8.00. The summed E-state index contributed by atoms with van der Waals surface area (Å²) in [5.41, 5.74) is 1.77. The van der Waals surface area contributed by atoms with Crippen molar-refractivity contribution in [3.8, 4) is 16.3 Å². The molecule has 1 N–H and O–H groups in total. The van der Waals surface area contributed by atoms with Crippen molar-refractivity contribution in [2.45, 2.75) is 24.4 Å². The molecule has 1 amide bonds. The number of hydrogen-bond acceptors (Lipinski definition) is 7. The van der Waals surface area contributed by atoms with Gasteiger partial charge in [0.25, 0.3) is 0 Å². The van der Waals surface area contributed by atoms with Crippen LogP contribution in [0, 0.1) is 0 Å². The first-order valence-corrected chi connectivity index (χ1v) is 13.6. The van der Waals surface area contributed by atoms with Crippen molar-refractivity contribution < 1.29 is 17.9 Å². The van der Waals surface area contributed by atoms with E-state index in [2.05, 4.69) is 10.3 Å². The second-order valence-electron chi connectivity index (χ2n) is 7.04. The Kier molecular flexibility index (Phi) is 7.14. The number of benzene rings is 2. The van der Waals surface area contributed by atoms with Crippen molar-refractivity contribution in [1.82, 2.24) is 14.6 Å². The number of carbonyl (C=O) groups is 1. The van der Waals surface area contributed by atoms with Crippen molar-refractivity contribution in [2.75, 3.05) is 18.2 Å². The third-order valence-electron chi connectivity index (χ3n) is 4.90. The quantitative estimate of drug-likeness (QED) is 0.520. The van der Waals surface area contributed by atoms with Crippen LogP contribution in [0.25, 0.3) is 10.6 Å². The Balaban J connectivity index is 1.41. The zero-order valence-electron chi connectivity index (χ0n) is 17.4. The van der Waals surface area contributed by atoms with Crippen molar-refractivity contribution >= 4 is 39.0 Å². The number of hydrogen-bond donors (Lipinski definition) is 1. The van der Waals surface area contributed by atoms with E-state index in [0.29, 0.717) is 18.1 Å². The lowest BCUT2D eigenvalue weighted by Gasteiger charge is -2.22. The molecule has 1 fully saturated rings. The Bertz CT molecular complexity index is 1160. The van der Waals surface area contributed by atoms with E-state index in [-0.39, 0.29) is 23.2 Å². The molecule has 1 aliphatic rings. The number of carbonyl (C=O) groups excluding carboxylic acids is 1. The van der Waals surface area contributed by atoms with Gasteiger partial charge in [0.05, 0.1) is 29.6 Å². The monoisotopic (exact) mass is 489 g/mol. The van der Waals surface area contributed by atoms with E-state index in [0.717, 1.165) is 16.3 Å². The molecule has 3 aromatic rings. The third-order valence-corrected chi connectivity index (χ3v) is 8.89. The summed E-state index contributed by atoms with van der Waals surface area (Å²) in [6.07, 6.45) is 0. The minimum Gasteiger partial charge on any atom is -0.494 e. The van der Waals surface area contributed by atoms with Gasteiger partial charge in [-0.25, -0.2) is 13.4 Å². The van der Waals surface area contributed by atoms with Crippen LogP contribution in [-0.2, 0) is 21.4 Å². The van der Waals surface area contributed by atoms with Crippen molar-refractivity contribution in [3.63, 3.8) is 0 Å². The Morgan fingerprint density at radius 1 is 1.19 bits per heavy atom. The van der Waals surface area contributed by atoms with Crippen molar-refractivity contribution in [3.05, 3.63) is 65.7 Å². The molecule has 1 saturated heterocycles. The highest BCUT2D eigenvalue weighted by Gasteiger charge is 2.40. The Hall–Kier alpha value is -2.40. The van der Waals surface area contributed by atoms with E-state index >= 15 is 0 Å². The fraction of sp³-hybridized carbons (Fsp3) is 0.273. The molecule has 4 rings (SSSR count). The number of thioether (sulfide) groups is 1. The van der Waals surface area contributed by atoms with Crippen LogP contribution in [0.3, 0.4) is 0 Å². The molecule has 10 heteroatoms. The Labute approximate surface area is 195 Å². The van der Waals surface area contributed by atoms with E-state index in [1.54, 1.807) is 12.1 Å². The minimum atomic E-state index is -3.80. The summed E-state index contributed by atoms with van der Waals surface area (Å²) >= 11 is 2.93. The summed E-state index contributed by atoms with van der Waals surface area (Å²) in [6, 6.07) is 15.3. The molecule has 0 bridgehead atoms. The van der Waals surface area contributed by atoms with Crippen LogP contribution in [0.5, 0.6) is 5.75 Å². The third kappa shape index (κ3) is 4.98. The summed E-state index contributed by atoms with van der Waals surface area (Å²) < 4.78 is 32.9. The van der Waals surface area contributed by atoms with Gasteiger partial charge < -0.3 is 10.1 Å². The molecule has 1 aromatic heterocycles. The molecule has 1 aliphatic heterocycles. The first-order valence-electron chi connectivity index (χ1n) is 10.1. The topological polar surface area (TPSA) is 88.6 Å². The summed E-state index contributed by atoms with van der Waals surface area (Å²) in [6.45, 7) is 2.62. The maximum absolute atomic E-state index is 13.1. The second-order valence-corrected chi connectivity index (χ2v) is 10.8. The number of sulfonamides is 1. The lowest BCUT2D eigenvalue weighted by Crippen LogP contribution is -2.46. The summed E-state index contributed by atoms with van der Waals surface area (Å²) in [5.74, 6) is 0.935. The number of rotatable bonds is 8. The van der Waals surface area contributed by atoms with E-state index in [4.69, 9.17) is 4.74 Å². The van der Waals surface area contributed by atoms with Crippen LogP contribution < -0.4 is 10.1 Å². The van der Waals surface area contributed by atoms with Crippen LogP contribution in [0.1, 0.15) is 12.6 Å². The zero-order chi connectivity index (χ0) is 22.6.